The Hall–Kier alpha value is -1.30. The number of carbonyl (C=O) groups excluding carboxylic acids is 1. The summed E-state index contributed by atoms with van der Waals surface area (Å²) in [5.74, 6) is 0.254. The molecule has 1 saturated heterocycles. The maximum Gasteiger partial charge on any atom is 0.308 e. The summed E-state index contributed by atoms with van der Waals surface area (Å²) >= 11 is 11.7. The third kappa shape index (κ3) is 11.5. The summed E-state index contributed by atoms with van der Waals surface area (Å²) in [5, 5.41) is 0.204. The molecule has 32 heavy (non-hydrogen) atoms. The van der Waals surface area contributed by atoms with Crippen molar-refractivity contribution in [3.8, 4) is 0 Å². The number of halogens is 2. The van der Waals surface area contributed by atoms with Gasteiger partial charge in [0.05, 0.1) is 46.1 Å². The van der Waals surface area contributed by atoms with Crippen LogP contribution < -0.4 is 4.90 Å². The van der Waals surface area contributed by atoms with Crippen LogP contribution in [0.3, 0.4) is 0 Å². The fraction of sp³-hybridized carbons (Fsp3) is 0.800. The first kappa shape index (κ1) is 26.9. The zero-order chi connectivity index (χ0) is 23.4. The molecule has 1 aromatic rings. The van der Waals surface area contributed by atoms with E-state index in [9.17, 15) is 4.79 Å². The maximum absolute atomic E-state index is 11.5. The van der Waals surface area contributed by atoms with Crippen molar-refractivity contribution in [2.24, 2.45) is 0 Å². The average molecular weight is 494 g/mol. The summed E-state index contributed by atoms with van der Waals surface area (Å²) in [6.45, 7) is 12.6. The van der Waals surface area contributed by atoms with Crippen LogP contribution in [0, 0.1) is 0 Å². The van der Waals surface area contributed by atoms with E-state index in [4.69, 9.17) is 42.1 Å². The summed E-state index contributed by atoms with van der Waals surface area (Å²) in [4.78, 5) is 27.9. The number of hydrogen-bond acceptors (Lipinski definition) is 10. The fourth-order valence-electron chi connectivity index (χ4n) is 2.91. The molecule has 2 rings (SSSR count). The van der Waals surface area contributed by atoms with Gasteiger partial charge in [-0.3, -0.25) is 9.69 Å². The van der Waals surface area contributed by atoms with Crippen molar-refractivity contribution in [1.29, 1.82) is 0 Å². The first-order chi connectivity index (χ1) is 15.2. The molecule has 0 unspecified atom stereocenters. The van der Waals surface area contributed by atoms with E-state index >= 15 is 0 Å². The molecule has 0 N–H and O–H groups in total. The molecule has 0 saturated carbocycles. The minimum absolute atomic E-state index is 0.102. The summed E-state index contributed by atoms with van der Waals surface area (Å²) in [7, 11) is 0. The highest BCUT2D eigenvalue weighted by Crippen LogP contribution is 2.15. The molecule has 0 radical (unpaired) electrons. The first-order valence-electron chi connectivity index (χ1n) is 10.7. The van der Waals surface area contributed by atoms with Crippen LogP contribution in [0.4, 0.5) is 5.95 Å². The van der Waals surface area contributed by atoms with Gasteiger partial charge in [0.15, 0.2) is 0 Å². The van der Waals surface area contributed by atoms with E-state index in [-0.39, 0.29) is 23.0 Å². The van der Waals surface area contributed by atoms with Crippen LogP contribution in [-0.4, -0.2) is 104 Å². The topological polar surface area (TPSA) is 99.1 Å². The lowest BCUT2D eigenvalue weighted by atomic mass is 10.2. The van der Waals surface area contributed by atoms with Crippen LogP contribution in [0.25, 0.3) is 0 Å². The van der Waals surface area contributed by atoms with Gasteiger partial charge in [-0.1, -0.05) is 0 Å². The molecule has 2 heterocycles. The largest absolute Gasteiger partial charge is 0.460 e. The molecular weight excluding hydrogens is 461 g/mol. The quantitative estimate of drug-likeness (QED) is 0.299. The van der Waals surface area contributed by atoms with Gasteiger partial charge in [0.25, 0.3) is 0 Å². The van der Waals surface area contributed by atoms with Crippen molar-refractivity contribution >= 4 is 35.1 Å². The fourth-order valence-corrected chi connectivity index (χ4v) is 3.27. The smallest absolute Gasteiger partial charge is 0.308 e. The van der Waals surface area contributed by atoms with E-state index < -0.39 is 5.60 Å². The molecule has 0 amide bonds. The van der Waals surface area contributed by atoms with Gasteiger partial charge in [0.1, 0.15) is 5.60 Å². The van der Waals surface area contributed by atoms with Crippen molar-refractivity contribution in [2.75, 3.05) is 77.3 Å². The van der Waals surface area contributed by atoms with E-state index in [0.29, 0.717) is 45.6 Å². The summed E-state index contributed by atoms with van der Waals surface area (Å²) in [6, 6.07) is 0. The Morgan fingerprint density at radius 2 is 1.38 bits per heavy atom. The van der Waals surface area contributed by atoms with Crippen LogP contribution in [0.1, 0.15) is 27.2 Å². The summed E-state index contributed by atoms with van der Waals surface area (Å²) in [5.41, 5.74) is -0.465. The van der Waals surface area contributed by atoms with Crippen LogP contribution in [-0.2, 0) is 23.7 Å². The Morgan fingerprint density at radius 3 is 1.94 bits per heavy atom. The predicted molar refractivity (Wildman–Crippen MR) is 121 cm³/mol. The molecule has 0 spiro atoms. The number of ether oxygens (including phenoxy) is 4. The van der Waals surface area contributed by atoms with E-state index in [1.807, 2.05) is 25.7 Å². The van der Waals surface area contributed by atoms with Crippen molar-refractivity contribution in [3.05, 3.63) is 10.6 Å². The number of aromatic nitrogens is 3. The second kappa shape index (κ2) is 14.1. The predicted octanol–water partition coefficient (Wildman–Crippen LogP) is 2.08. The number of nitrogens with zero attached hydrogens (tertiary/aromatic N) is 5. The highest BCUT2D eigenvalue weighted by atomic mass is 35.5. The van der Waals surface area contributed by atoms with Crippen LogP contribution >= 0.6 is 23.2 Å². The van der Waals surface area contributed by atoms with Crippen LogP contribution in [0.5, 0.6) is 0 Å². The monoisotopic (exact) mass is 493 g/mol. The Kier molecular flexibility index (Phi) is 11.8. The minimum Gasteiger partial charge on any atom is -0.460 e. The molecule has 182 valence electrons. The van der Waals surface area contributed by atoms with Gasteiger partial charge in [-0.25, -0.2) is 0 Å². The lowest BCUT2D eigenvalue weighted by molar-refractivity contribution is -0.156. The minimum atomic E-state index is -0.465. The normalized spacial score (nSPS) is 15.2. The van der Waals surface area contributed by atoms with E-state index in [0.717, 1.165) is 32.7 Å². The first-order valence-corrected chi connectivity index (χ1v) is 11.5. The Labute approximate surface area is 199 Å². The molecule has 1 aliphatic rings. The van der Waals surface area contributed by atoms with Crippen molar-refractivity contribution in [1.82, 2.24) is 19.9 Å². The summed E-state index contributed by atoms with van der Waals surface area (Å²) < 4.78 is 21.7. The zero-order valence-corrected chi connectivity index (χ0v) is 20.5. The molecule has 0 bridgehead atoms. The van der Waals surface area contributed by atoms with E-state index in [1.165, 1.54) is 0 Å². The summed E-state index contributed by atoms with van der Waals surface area (Å²) in [6.07, 6.45) is 0.242. The van der Waals surface area contributed by atoms with Gasteiger partial charge in [0, 0.05) is 32.7 Å². The van der Waals surface area contributed by atoms with Gasteiger partial charge in [-0.05, 0) is 44.0 Å². The van der Waals surface area contributed by atoms with E-state index in [2.05, 4.69) is 19.9 Å². The third-order valence-corrected chi connectivity index (χ3v) is 4.73. The van der Waals surface area contributed by atoms with Crippen molar-refractivity contribution in [2.45, 2.75) is 32.8 Å². The van der Waals surface area contributed by atoms with Gasteiger partial charge in [-0.15, -0.1) is 0 Å². The third-order valence-electron chi connectivity index (χ3n) is 4.39. The van der Waals surface area contributed by atoms with Gasteiger partial charge < -0.3 is 23.8 Å². The molecule has 1 aliphatic heterocycles. The molecule has 10 nitrogen and oxygen atoms in total. The standard InChI is InChI=1S/C20H33Cl2N5O5/c1-20(2,3)32-16(28)4-10-29-12-14-31-15-13-30-11-9-26-5-7-27(8-6-26)19-24-17(21)23-18(22)25-19/h4-15H2,1-3H3. The second-order valence-electron chi connectivity index (χ2n) is 8.18. The van der Waals surface area contributed by atoms with Crippen LogP contribution in [0.2, 0.25) is 10.6 Å². The highest BCUT2D eigenvalue weighted by Gasteiger charge is 2.20. The number of piperazine rings is 1. The average Bonchev–Trinajstić information content (AvgIpc) is 2.70. The molecule has 1 aromatic heterocycles. The number of hydrogen-bond donors (Lipinski definition) is 0. The molecular formula is C20H33Cl2N5O5. The Balaban J connectivity index is 1.41. The van der Waals surface area contributed by atoms with Crippen molar-refractivity contribution in [3.63, 3.8) is 0 Å². The Bertz CT molecular complexity index is 679. The number of anilines is 1. The molecule has 1 fully saturated rings. The second-order valence-corrected chi connectivity index (χ2v) is 8.85. The number of esters is 1. The van der Waals surface area contributed by atoms with Gasteiger partial charge in [0.2, 0.25) is 16.5 Å². The number of rotatable bonds is 13. The highest BCUT2D eigenvalue weighted by molar-refractivity contribution is 6.31. The molecule has 0 aliphatic carbocycles. The molecule has 0 aromatic carbocycles. The molecule has 12 heteroatoms. The molecule has 0 atom stereocenters. The Morgan fingerprint density at radius 1 is 0.844 bits per heavy atom. The zero-order valence-electron chi connectivity index (χ0n) is 19.0. The lowest BCUT2D eigenvalue weighted by Crippen LogP contribution is -2.48. The SMILES string of the molecule is CC(C)(C)OC(=O)CCOCCOCCOCCN1CCN(c2nc(Cl)nc(Cl)n2)CC1. The maximum atomic E-state index is 11.5. The number of carbonyl (C=O) groups is 1. The lowest BCUT2D eigenvalue weighted by Gasteiger charge is -2.34. The van der Waals surface area contributed by atoms with E-state index in [1.54, 1.807) is 0 Å². The van der Waals surface area contributed by atoms with Crippen molar-refractivity contribution < 1.29 is 23.7 Å². The van der Waals surface area contributed by atoms with Gasteiger partial charge >= 0.3 is 5.97 Å². The van der Waals surface area contributed by atoms with Crippen LogP contribution in [0.15, 0.2) is 0 Å². The van der Waals surface area contributed by atoms with Gasteiger partial charge in [-0.2, -0.15) is 15.0 Å².